The van der Waals surface area contributed by atoms with Crippen LogP contribution in [0.3, 0.4) is 0 Å². The van der Waals surface area contributed by atoms with Gasteiger partial charge >= 0.3 is 0 Å². The summed E-state index contributed by atoms with van der Waals surface area (Å²) < 4.78 is 35.2. The van der Waals surface area contributed by atoms with Gasteiger partial charge in [-0.2, -0.15) is 0 Å². The highest BCUT2D eigenvalue weighted by Crippen LogP contribution is 2.43. The van der Waals surface area contributed by atoms with E-state index in [4.69, 9.17) is 28.7 Å². The van der Waals surface area contributed by atoms with Gasteiger partial charge in [-0.1, -0.05) is 89.0 Å². The first-order valence-corrected chi connectivity index (χ1v) is 10.8. The van der Waals surface area contributed by atoms with Gasteiger partial charge in [-0.05, 0) is 70.8 Å². The van der Waals surface area contributed by atoms with E-state index >= 15 is 0 Å². The molecule has 0 amide bonds. The van der Waals surface area contributed by atoms with Gasteiger partial charge in [0.25, 0.3) is 0 Å². The number of hydrogen-bond acceptors (Lipinski definition) is 1. The second-order valence-corrected chi connectivity index (χ2v) is 10.5. The third-order valence-electron chi connectivity index (χ3n) is 4.97. The number of nitrogens with zero attached hydrogens (tertiary/aromatic N) is 1. The van der Waals surface area contributed by atoms with Gasteiger partial charge in [0.1, 0.15) is 0 Å². The van der Waals surface area contributed by atoms with Crippen LogP contribution in [0, 0.1) is 6.92 Å². The summed E-state index contributed by atoms with van der Waals surface area (Å²) in [5.74, 6) is 0. The van der Waals surface area contributed by atoms with Crippen molar-refractivity contribution in [2.75, 3.05) is 4.90 Å². The summed E-state index contributed by atoms with van der Waals surface area (Å²) in [7, 11) is 0. The second kappa shape index (κ2) is 8.29. The second-order valence-electron chi connectivity index (χ2n) is 9.69. The lowest BCUT2D eigenvalue weighted by atomic mass is 9.86. The van der Waals surface area contributed by atoms with E-state index in [1.165, 1.54) is 0 Å². The lowest BCUT2D eigenvalue weighted by Crippen LogP contribution is -2.14. The van der Waals surface area contributed by atoms with E-state index in [1.807, 2.05) is 58.0 Å². The summed E-state index contributed by atoms with van der Waals surface area (Å²) in [6, 6.07) is 11.1. The number of rotatable bonds is 3. The van der Waals surface area contributed by atoms with Gasteiger partial charge in [0.15, 0.2) is 0 Å². The van der Waals surface area contributed by atoms with E-state index in [1.54, 1.807) is 11.0 Å². The van der Waals surface area contributed by atoms with E-state index < -0.39 is 5.41 Å². The predicted octanol–water partition coefficient (Wildman–Crippen LogP) is 9.37. The highest BCUT2D eigenvalue weighted by Gasteiger charge is 2.21. The van der Waals surface area contributed by atoms with Crippen molar-refractivity contribution in [3.8, 4) is 0 Å². The maximum absolute atomic E-state index is 8.89. The molecule has 0 fully saturated rings. The van der Waals surface area contributed by atoms with Crippen molar-refractivity contribution in [1.29, 1.82) is 0 Å². The molecular formula is C27H31Cl2N. The monoisotopic (exact) mass is 443 g/mol. The summed E-state index contributed by atoms with van der Waals surface area (Å²) >= 11 is 13.1. The first-order chi connectivity index (χ1) is 15.6. The van der Waals surface area contributed by atoms with E-state index in [0.717, 1.165) is 11.1 Å². The van der Waals surface area contributed by atoms with Crippen LogP contribution in [0.25, 0.3) is 0 Å². The van der Waals surface area contributed by atoms with Crippen molar-refractivity contribution >= 4 is 40.3 Å². The Hall–Kier alpha value is -1.96. The Morgan fingerprint density at radius 3 is 1.77 bits per heavy atom. The Balaban J connectivity index is 2.42. The average Bonchev–Trinajstić information content (AvgIpc) is 2.71. The summed E-state index contributed by atoms with van der Waals surface area (Å²) in [6.07, 6.45) is 0. The molecule has 0 saturated heterocycles. The minimum Gasteiger partial charge on any atom is -0.309 e. The van der Waals surface area contributed by atoms with Crippen LogP contribution in [0.4, 0.5) is 17.1 Å². The van der Waals surface area contributed by atoms with Crippen LogP contribution < -0.4 is 4.90 Å². The molecule has 3 aromatic carbocycles. The van der Waals surface area contributed by atoms with Crippen molar-refractivity contribution in [2.24, 2.45) is 0 Å². The van der Waals surface area contributed by atoms with Gasteiger partial charge in [0, 0.05) is 11.4 Å². The third kappa shape index (κ3) is 4.85. The molecule has 0 radical (unpaired) electrons. The predicted molar refractivity (Wildman–Crippen MR) is 133 cm³/mol. The van der Waals surface area contributed by atoms with Crippen LogP contribution in [0.15, 0.2) is 60.6 Å². The molecule has 0 N–H and O–H groups in total. The molecule has 0 saturated carbocycles. The molecule has 0 bridgehead atoms. The standard InChI is InChI=1S/C27H31Cl2N/c1-18-16-23(28)25(29)24(17-18)30(21-12-8-19(9-13-21)26(2,3)4)22-14-10-20(11-15-22)27(5,6)7/h8-17H,1-7H3/i8D,9D,12D,13D. The van der Waals surface area contributed by atoms with Gasteiger partial charge in [0.2, 0.25) is 0 Å². The fourth-order valence-electron chi connectivity index (χ4n) is 3.16. The average molecular weight is 444 g/mol. The molecule has 0 aliphatic carbocycles. The summed E-state index contributed by atoms with van der Waals surface area (Å²) in [5, 5.41) is 0.637. The SMILES string of the molecule is [2H]c1c([2H])c(C(C)(C)C)c([2H])c([2H])c1N(c1ccc(C(C)(C)C)cc1)c1cc(C)cc(Cl)c1Cl. The van der Waals surface area contributed by atoms with Gasteiger partial charge < -0.3 is 4.90 Å². The summed E-state index contributed by atoms with van der Waals surface area (Å²) in [4.78, 5) is 1.68. The highest BCUT2D eigenvalue weighted by atomic mass is 35.5. The Morgan fingerprint density at radius 2 is 1.27 bits per heavy atom. The largest absolute Gasteiger partial charge is 0.309 e. The molecule has 0 atom stereocenters. The lowest BCUT2D eigenvalue weighted by molar-refractivity contribution is 0.590. The maximum atomic E-state index is 8.89. The number of aryl methyl sites for hydroxylation is 1. The Kier molecular flexibility index (Phi) is 4.89. The van der Waals surface area contributed by atoms with E-state index in [-0.39, 0.29) is 40.3 Å². The van der Waals surface area contributed by atoms with Crippen LogP contribution in [-0.4, -0.2) is 0 Å². The molecular weight excluding hydrogens is 409 g/mol. The number of halogens is 2. The molecule has 0 unspecified atom stereocenters. The fraction of sp³-hybridized carbons (Fsp3) is 0.333. The van der Waals surface area contributed by atoms with Gasteiger partial charge in [0.05, 0.1) is 21.2 Å². The van der Waals surface area contributed by atoms with Crippen LogP contribution in [-0.2, 0) is 10.8 Å². The van der Waals surface area contributed by atoms with Gasteiger partial charge in [-0.3, -0.25) is 0 Å². The fourth-order valence-corrected chi connectivity index (χ4v) is 3.62. The van der Waals surface area contributed by atoms with E-state index in [2.05, 4.69) is 20.8 Å². The molecule has 0 aliphatic heterocycles. The minimum atomic E-state index is -0.554. The summed E-state index contributed by atoms with van der Waals surface area (Å²) in [6.45, 7) is 13.9. The zero-order chi connectivity index (χ0) is 25.7. The zero-order valence-electron chi connectivity index (χ0n) is 22.7. The Bertz CT molecular complexity index is 1210. The third-order valence-corrected chi connectivity index (χ3v) is 5.76. The molecule has 0 aliphatic rings. The van der Waals surface area contributed by atoms with Crippen molar-refractivity contribution in [3.63, 3.8) is 0 Å². The Morgan fingerprint density at radius 1 is 0.733 bits per heavy atom. The molecule has 3 heteroatoms. The number of hydrogen-bond donors (Lipinski definition) is 0. The normalized spacial score (nSPS) is 14.0. The van der Waals surface area contributed by atoms with Crippen molar-refractivity contribution in [3.05, 3.63) is 87.3 Å². The molecule has 3 aromatic rings. The van der Waals surface area contributed by atoms with Crippen LogP contribution in [0.1, 0.15) is 63.7 Å². The molecule has 0 spiro atoms. The molecule has 0 heterocycles. The van der Waals surface area contributed by atoms with Crippen LogP contribution >= 0.6 is 23.2 Å². The maximum Gasteiger partial charge on any atom is 0.0832 e. The van der Waals surface area contributed by atoms with Crippen LogP contribution in [0.2, 0.25) is 10.0 Å². The smallest absolute Gasteiger partial charge is 0.0832 e. The van der Waals surface area contributed by atoms with Crippen molar-refractivity contribution in [2.45, 2.75) is 59.3 Å². The first-order valence-electron chi connectivity index (χ1n) is 12.0. The number of benzene rings is 3. The highest BCUT2D eigenvalue weighted by molar-refractivity contribution is 6.44. The van der Waals surface area contributed by atoms with E-state index in [0.29, 0.717) is 22.0 Å². The molecule has 0 aromatic heterocycles. The summed E-state index contributed by atoms with van der Waals surface area (Å²) in [5.41, 5.74) is 3.07. The lowest BCUT2D eigenvalue weighted by Gasteiger charge is -2.29. The molecule has 158 valence electrons. The molecule has 1 nitrogen and oxygen atoms in total. The topological polar surface area (TPSA) is 3.24 Å². The van der Waals surface area contributed by atoms with Crippen molar-refractivity contribution in [1.82, 2.24) is 0 Å². The number of anilines is 3. The molecule has 3 rings (SSSR count). The van der Waals surface area contributed by atoms with Crippen molar-refractivity contribution < 1.29 is 5.48 Å². The quantitative estimate of drug-likeness (QED) is 0.389. The van der Waals surface area contributed by atoms with Gasteiger partial charge in [-0.25, -0.2) is 0 Å². The first kappa shape index (κ1) is 17.7. The van der Waals surface area contributed by atoms with E-state index in [9.17, 15) is 0 Å². The zero-order valence-corrected chi connectivity index (χ0v) is 20.2. The van der Waals surface area contributed by atoms with Gasteiger partial charge in [-0.15, -0.1) is 0 Å². The Labute approximate surface area is 197 Å². The van der Waals surface area contributed by atoms with Crippen LogP contribution in [0.5, 0.6) is 0 Å². The molecule has 30 heavy (non-hydrogen) atoms. The minimum absolute atomic E-state index is 0.0497.